The SMILES string of the molecule is CCCC(C)NC(=O)C(C)Nc1ccc(F)cc1I. The summed E-state index contributed by atoms with van der Waals surface area (Å²) in [7, 11) is 0. The van der Waals surface area contributed by atoms with Crippen LogP contribution in [0.25, 0.3) is 0 Å². The van der Waals surface area contributed by atoms with Crippen LogP contribution in [0.15, 0.2) is 18.2 Å². The van der Waals surface area contributed by atoms with Crippen LogP contribution in [0.1, 0.15) is 33.6 Å². The van der Waals surface area contributed by atoms with Crippen LogP contribution in [-0.4, -0.2) is 18.0 Å². The summed E-state index contributed by atoms with van der Waals surface area (Å²) in [6.45, 7) is 5.88. The third-order valence-electron chi connectivity index (χ3n) is 2.81. The predicted molar refractivity (Wildman–Crippen MR) is 84.7 cm³/mol. The van der Waals surface area contributed by atoms with Crippen LogP contribution in [0, 0.1) is 9.39 Å². The van der Waals surface area contributed by atoms with Gasteiger partial charge in [-0.15, -0.1) is 0 Å². The summed E-state index contributed by atoms with van der Waals surface area (Å²) in [6.07, 6.45) is 2.01. The Morgan fingerprint density at radius 3 is 2.68 bits per heavy atom. The number of hydrogen-bond donors (Lipinski definition) is 2. The first-order valence-corrected chi connectivity index (χ1v) is 7.53. The van der Waals surface area contributed by atoms with E-state index in [0.717, 1.165) is 22.1 Å². The van der Waals surface area contributed by atoms with Crippen LogP contribution >= 0.6 is 22.6 Å². The van der Waals surface area contributed by atoms with Crippen molar-refractivity contribution in [1.29, 1.82) is 0 Å². The molecular formula is C14H20FIN2O. The topological polar surface area (TPSA) is 41.1 Å². The van der Waals surface area contributed by atoms with Gasteiger partial charge in [0.05, 0.1) is 0 Å². The Bertz CT molecular complexity index is 439. The van der Waals surface area contributed by atoms with Gasteiger partial charge in [-0.2, -0.15) is 0 Å². The fourth-order valence-electron chi connectivity index (χ4n) is 1.78. The van der Waals surface area contributed by atoms with Gasteiger partial charge in [-0.1, -0.05) is 13.3 Å². The molecule has 0 saturated heterocycles. The maximum absolute atomic E-state index is 13.0. The van der Waals surface area contributed by atoms with Crippen molar-refractivity contribution in [2.45, 2.75) is 45.7 Å². The molecule has 0 aromatic heterocycles. The first-order chi connectivity index (χ1) is 8.93. The Labute approximate surface area is 127 Å². The van der Waals surface area contributed by atoms with Gasteiger partial charge in [0.1, 0.15) is 11.9 Å². The summed E-state index contributed by atoms with van der Waals surface area (Å²) < 4.78 is 13.8. The van der Waals surface area contributed by atoms with E-state index in [1.165, 1.54) is 12.1 Å². The normalized spacial score (nSPS) is 13.7. The molecule has 1 amide bonds. The molecule has 0 spiro atoms. The Kier molecular flexibility index (Phi) is 6.54. The lowest BCUT2D eigenvalue weighted by Gasteiger charge is -2.19. The molecule has 1 aromatic carbocycles. The third kappa shape index (κ3) is 5.34. The quantitative estimate of drug-likeness (QED) is 0.744. The summed E-state index contributed by atoms with van der Waals surface area (Å²) in [5.74, 6) is -0.315. The highest BCUT2D eigenvalue weighted by Gasteiger charge is 2.15. The van der Waals surface area contributed by atoms with E-state index in [9.17, 15) is 9.18 Å². The van der Waals surface area contributed by atoms with Gasteiger partial charge < -0.3 is 10.6 Å². The zero-order valence-corrected chi connectivity index (χ0v) is 13.6. The molecule has 2 unspecified atom stereocenters. The Hall–Kier alpha value is -0.850. The molecule has 0 saturated carbocycles. The highest BCUT2D eigenvalue weighted by molar-refractivity contribution is 14.1. The van der Waals surface area contributed by atoms with Gasteiger partial charge in [-0.25, -0.2) is 4.39 Å². The number of carbonyl (C=O) groups is 1. The molecule has 3 nitrogen and oxygen atoms in total. The average Bonchev–Trinajstić information content (AvgIpc) is 2.32. The summed E-state index contributed by atoms with van der Waals surface area (Å²) in [5, 5.41) is 6.05. The molecule has 0 aliphatic carbocycles. The van der Waals surface area contributed by atoms with Gasteiger partial charge in [0, 0.05) is 15.3 Å². The van der Waals surface area contributed by atoms with Gasteiger partial charge in [0.2, 0.25) is 5.91 Å². The van der Waals surface area contributed by atoms with Crippen LogP contribution in [0.4, 0.5) is 10.1 Å². The molecular weight excluding hydrogens is 358 g/mol. The average molecular weight is 378 g/mol. The van der Waals surface area contributed by atoms with Crippen molar-refractivity contribution in [1.82, 2.24) is 5.32 Å². The second-order valence-corrected chi connectivity index (χ2v) is 5.85. The number of carbonyl (C=O) groups excluding carboxylic acids is 1. The van der Waals surface area contributed by atoms with E-state index in [0.29, 0.717) is 0 Å². The van der Waals surface area contributed by atoms with E-state index < -0.39 is 0 Å². The number of benzene rings is 1. The summed E-state index contributed by atoms with van der Waals surface area (Å²) in [5.41, 5.74) is 0.771. The molecule has 1 aromatic rings. The van der Waals surface area contributed by atoms with Gasteiger partial charge >= 0.3 is 0 Å². The van der Waals surface area contributed by atoms with Crippen LogP contribution in [0.3, 0.4) is 0 Å². The molecule has 2 atom stereocenters. The lowest BCUT2D eigenvalue weighted by Crippen LogP contribution is -2.42. The molecule has 0 aliphatic rings. The second kappa shape index (κ2) is 7.67. The predicted octanol–water partition coefficient (Wildman–Crippen LogP) is 3.54. The molecule has 0 heterocycles. The van der Waals surface area contributed by atoms with Crippen molar-refractivity contribution >= 4 is 34.2 Å². The van der Waals surface area contributed by atoms with E-state index in [4.69, 9.17) is 0 Å². The minimum Gasteiger partial charge on any atom is -0.373 e. The van der Waals surface area contributed by atoms with Crippen molar-refractivity contribution in [3.8, 4) is 0 Å². The number of halogens is 2. The molecule has 0 bridgehead atoms. The highest BCUT2D eigenvalue weighted by Crippen LogP contribution is 2.19. The van der Waals surface area contributed by atoms with E-state index in [1.807, 2.05) is 29.5 Å². The number of nitrogens with one attached hydrogen (secondary N) is 2. The number of rotatable bonds is 6. The van der Waals surface area contributed by atoms with Gasteiger partial charge in [-0.05, 0) is 61.1 Å². The largest absolute Gasteiger partial charge is 0.373 e. The maximum atomic E-state index is 13.0. The molecule has 0 aliphatic heterocycles. The molecule has 1 rings (SSSR count). The number of amides is 1. The fourth-order valence-corrected chi connectivity index (χ4v) is 2.41. The minimum atomic E-state index is -0.349. The first-order valence-electron chi connectivity index (χ1n) is 6.46. The van der Waals surface area contributed by atoms with Crippen LogP contribution in [-0.2, 0) is 4.79 Å². The first kappa shape index (κ1) is 16.2. The van der Waals surface area contributed by atoms with E-state index in [-0.39, 0.29) is 23.8 Å². The Morgan fingerprint density at radius 1 is 1.42 bits per heavy atom. The van der Waals surface area contributed by atoms with Gasteiger partial charge in [0.15, 0.2) is 0 Å². The van der Waals surface area contributed by atoms with E-state index in [1.54, 1.807) is 13.0 Å². The van der Waals surface area contributed by atoms with Crippen LogP contribution in [0.5, 0.6) is 0 Å². The maximum Gasteiger partial charge on any atom is 0.242 e. The highest BCUT2D eigenvalue weighted by atomic mass is 127. The molecule has 5 heteroatoms. The van der Waals surface area contributed by atoms with Crippen molar-refractivity contribution in [2.24, 2.45) is 0 Å². The van der Waals surface area contributed by atoms with Crippen molar-refractivity contribution in [3.63, 3.8) is 0 Å². The fraction of sp³-hybridized carbons (Fsp3) is 0.500. The number of anilines is 1. The van der Waals surface area contributed by atoms with Crippen LogP contribution < -0.4 is 10.6 Å². The lowest BCUT2D eigenvalue weighted by molar-refractivity contribution is -0.122. The van der Waals surface area contributed by atoms with E-state index >= 15 is 0 Å². The Balaban J connectivity index is 2.58. The molecule has 106 valence electrons. The monoisotopic (exact) mass is 378 g/mol. The van der Waals surface area contributed by atoms with Gasteiger partial charge in [0.25, 0.3) is 0 Å². The number of hydrogen-bond acceptors (Lipinski definition) is 2. The third-order valence-corrected chi connectivity index (χ3v) is 3.70. The Morgan fingerprint density at radius 2 is 2.11 bits per heavy atom. The molecule has 2 N–H and O–H groups in total. The minimum absolute atomic E-state index is 0.0407. The van der Waals surface area contributed by atoms with Gasteiger partial charge in [-0.3, -0.25) is 4.79 Å². The molecule has 0 radical (unpaired) electrons. The second-order valence-electron chi connectivity index (χ2n) is 4.69. The zero-order valence-electron chi connectivity index (χ0n) is 11.5. The van der Waals surface area contributed by atoms with Crippen LogP contribution in [0.2, 0.25) is 0 Å². The van der Waals surface area contributed by atoms with Crippen molar-refractivity contribution < 1.29 is 9.18 Å². The van der Waals surface area contributed by atoms with E-state index in [2.05, 4.69) is 17.6 Å². The lowest BCUT2D eigenvalue weighted by atomic mass is 10.2. The molecule has 0 fully saturated rings. The zero-order chi connectivity index (χ0) is 14.4. The summed E-state index contributed by atoms with van der Waals surface area (Å²) in [6, 6.07) is 4.30. The summed E-state index contributed by atoms with van der Waals surface area (Å²) in [4.78, 5) is 12.0. The summed E-state index contributed by atoms with van der Waals surface area (Å²) >= 11 is 2.05. The van der Waals surface area contributed by atoms with Crippen molar-refractivity contribution in [3.05, 3.63) is 27.6 Å². The van der Waals surface area contributed by atoms with Crippen molar-refractivity contribution in [2.75, 3.05) is 5.32 Å². The smallest absolute Gasteiger partial charge is 0.242 e. The standard InChI is InChI=1S/C14H20FIN2O/c1-4-5-9(2)17-14(19)10(3)18-13-7-6-11(15)8-12(13)16/h6-10,18H,4-5H2,1-3H3,(H,17,19). The molecule has 19 heavy (non-hydrogen) atoms.